The molecule has 1 aromatic rings. The molecule has 0 radical (unpaired) electrons. The van der Waals surface area contributed by atoms with Crippen LogP contribution in [0, 0.1) is 6.92 Å². The Balaban J connectivity index is 2.44. The molecule has 0 saturated carbocycles. The van der Waals surface area contributed by atoms with Crippen molar-refractivity contribution in [2.24, 2.45) is 0 Å². The summed E-state index contributed by atoms with van der Waals surface area (Å²) in [4.78, 5) is 0. The third-order valence-electron chi connectivity index (χ3n) is 3.67. The fourth-order valence-corrected chi connectivity index (χ4v) is 3.78. The Morgan fingerprint density at radius 2 is 2.05 bits per heavy atom. The van der Waals surface area contributed by atoms with Gasteiger partial charge in [-0.1, -0.05) is 26.8 Å². The molecule has 1 aromatic carbocycles. The lowest BCUT2D eigenvalue weighted by Crippen LogP contribution is -2.28. The van der Waals surface area contributed by atoms with Gasteiger partial charge in [-0.05, 0) is 35.1 Å². The molecular formula is C16H25NOS. The zero-order valence-electron chi connectivity index (χ0n) is 12.7. The molecular weight excluding hydrogens is 254 g/mol. The summed E-state index contributed by atoms with van der Waals surface area (Å²) in [7, 11) is 1.76. The Kier molecular flexibility index (Phi) is 4.46. The molecule has 3 heteroatoms. The highest BCUT2D eigenvalue weighted by Crippen LogP contribution is 2.39. The summed E-state index contributed by atoms with van der Waals surface area (Å²) in [6.45, 7) is 11.1. The van der Waals surface area contributed by atoms with Gasteiger partial charge in [0.25, 0.3) is 0 Å². The average molecular weight is 279 g/mol. The first-order chi connectivity index (χ1) is 8.93. The van der Waals surface area contributed by atoms with Crippen LogP contribution in [0.2, 0.25) is 0 Å². The minimum Gasteiger partial charge on any atom is -0.496 e. The molecule has 1 aliphatic rings. The summed E-state index contributed by atoms with van der Waals surface area (Å²) in [6, 6.07) is 4.56. The number of aryl methyl sites for hydroxylation is 1. The van der Waals surface area contributed by atoms with Crippen LogP contribution >= 0.6 is 11.8 Å². The number of benzene rings is 1. The van der Waals surface area contributed by atoms with Crippen molar-refractivity contribution in [3.8, 4) is 5.75 Å². The summed E-state index contributed by atoms with van der Waals surface area (Å²) >= 11 is 2.06. The highest BCUT2D eigenvalue weighted by Gasteiger charge is 2.24. The second kappa shape index (κ2) is 5.76. The molecule has 1 heterocycles. The minimum atomic E-state index is 0.112. The maximum Gasteiger partial charge on any atom is 0.122 e. The highest BCUT2D eigenvalue weighted by atomic mass is 32.2. The quantitative estimate of drug-likeness (QED) is 0.892. The fourth-order valence-electron chi connectivity index (χ4n) is 2.57. The van der Waals surface area contributed by atoms with Crippen molar-refractivity contribution in [3.05, 3.63) is 28.8 Å². The highest BCUT2D eigenvalue weighted by molar-refractivity contribution is 7.99. The average Bonchev–Trinajstić information content (AvgIpc) is 2.38. The van der Waals surface area contributed by atoms with Gasteiger partial charge in [0.2, 0.25) is 0 Å². The summed E-state index contributed by atoms with van der Waals surface area (Å²) in [5, 5.41) is 4.07. The van der Waals surface area contributed by atoms with E-state index in [-0.39, 0.29) is 5.41 Å². The number of hydrogen-bond acceptors (Lipinski definition) is 3. The molecule has 19 heavy (non-hydrogen) atoms. The van der Waals surface area contributed by atoms with E-state index in [0.29, 0.717) is 5.25 Å². The van der Waals surface area contributed by atoms with Gasteiger partial charge in [0.1, 0.15) is 5.75 Å². The van der Waals surface area contributed by atoms with Crippen LogP contribution in [0.4, 0.5) is 0 Å². The first-order valence-electron chi connectivity index (χ1n) is 6.95. The van der Waals surface area contributed by atoms with Crippen LogP contribution < -0.4 is 10.1 Å². The lowest BCUT2D eigenvalue weighted by Gasteiger charge is -2.28. The Morgan fingerprint density at radius 3 is 2.58 bits per heavy atom. The van der Waals surface area contributed by atoms with Crippen LogP contribution in [0.3, 0.4) is 0 Å². The zero-order valence-corrected chi connectivity index (χ0v) is 13.5. The van der Waals surface area contributed by atoms with Crippen LogP contribution in [0.1, 0.15) is 42.7 Å². The summed E-state index contributed by atoms with van der Waals surface area (Å²) in [6.07, 6.45) is 0. The van der Waals surface area contributed by atoms with Crippen molar-refractivity contribution in [1.29, 1.82) is 0 Å². The number of hydrogen-bond donors (Lipinski definition) is 1. The molecule has 106 valence electrons. The molecule has 2 rings (SSSR count). The van der Waals surface area contributed by atoms with Crippen LogP contribution in [0.15, 0.2) is 12.1 Å². The summed E-state index contributed by atoms with van der Waals surface area (Å²) < 4.78 is 5.57. The van der Waals surface area contributed by atoms with Gasteiger partial charge >= 0.3 is 0 Å². The minimum absolute atomic E-state index is 0.112. The summed E-state index contributed by atoms with van der Waals surface area (Å²) in [5.74, 6) is 2.21. The lowest BCUT2D eigenvalue weighted by molar-refractivity contribution is 0.397. The predicted molar refractivity (Wildman–Crippen MR) is 84.5 cm³/mol. The molecule has 1 unspecified atom stereocenters. The number of methoxy groups -OCH3 is 1. The molecule has 0 spiro atoms. The second-order valence-electron chi connectivity index (χ2n) is 6.22. The van der Waals surface area contributed by atoms with E-state index in [2.05, 4.69) is 56.9 Å². The van der Waals surface area contributed by atoms with E-state index in [1.165, 1.54) is 22.4 Å². The molecule has 0 aliphatic carbocycles. The Labute approximate surface area is 121 Å². The second-order valence-corrected chi connectivity index (χ2v) is 7.53. The van der Waals surface area contributed by atoms with Crippen molar-refractivity contribution >= 4 is 11.8 Å². The fraction of sp³-hybridized carbons (Fsp3) is 0.625. The lowest BCUT2D eigenvalue weighted by atomic mass is 9.84. The van der Waals surface area contributed by atoms with Gasteiger partial charge in [-0.3, -0.25) is 0 Å². The molecule has 0 amide bonds. The molecule has 2 nitrogen and oxygen atoms in total. The topological polar surface area (TPSA) is 21.3 Å². The summed E-state index contributed by atoms with van der Waals surface area (Å²) in [5.41, 5.74) is 4.22. The van der Waals surface area contributed by atoms with Gasteiger partial charge in [-0.15, -0.1) is 0 Å². The largest absolute Gasteiger partial charge is 0.496 e. The molecule has 1 atom stereocenters. The first-order valence-corrected chi connectivity index (χ1v) is 7.99. The maximum absolute atomic E-state index is 5.57. The normalized spacial score (nSPS) is 20.4. The van der Waals surface area contributed by atoms with E-state index >= 15 is 0 Å². The predicted octanol–water partition coefficient (Wildman–Crippen LogP) is 3.68. The van der Waals surface area contributed by atoms with Crippen molar-refractivity contribution in [1.82, 2.24) is 5.32 Å². The Hall–Kier alpha value is -0.670. The van der Waals surface area contributed by atoms with Gasteiger partial charge in [0.15, 0.2) is 0 Å². The molecule has 1 aliphatic heterocycles. The zero-order chi connectivity index (χ0) is 14.0. The van der Waals surface area contributed by atoms with E-state index in [1.807, 2.05) is 0 Å². The molecule has 1 N–H and O–H groups in total. The van der Waals surface area contributed by atoms with Gasteiger partial charge in [-0.25, -0.2) is 0 Å². The third-order valence-corrected chi connectivity index (χ3v) is 4.93. The Morgan fingerprint density at radius 1 is 1.32 bits per heavy atom. The third kappa shape index (κ3) is 3.26. The molecule has 0 bridgehead atoms. The van der Waals surface area contributed by atoms with E-state index < -0.39 is 0 Å². The van der Waals surface area contributed by atoms with Gasteiger partial charge in [-0.2, -0.15) is 11.8 Å². The van der Waals surface area contributed by atoms with Crippen molar-refractivity contribution in [3.63, 3.8) is 0 Å². The van der Waals surface area contributed by atoms with Crippen molar-refractivity contribution in [2.45, 2.75) is 38.4 Å². The van der Waals surface area contributed by atoms with Crippen LogP contribution in [0.5, 0.6) is 5.75 Å². The number of thioether (sulfide) groups is 1. The van der Waals surface area contributed by atoms with Crippen molar-refractivity contribution in [2.75, 3.05) is 26.0 Å². The smallest absolute Gasteiger partial charge is 0.122 e. The van der Waals surface area contributed by atoms with Gasteiger partial charge in [0.05, 0.1) is 7.11 Å². The van der Waals surface area contributed by atoms with E-state index in [0.717, 1.165) is 18.8 Å². The Bertz CT molecular complexity index is 445. The standard InChI is InChI=1S/C16H25NOS/c1-11-8-14(18-5)13(16(2,3)4)9-12(11)15-10-17-6-7-19-15/h8-9,15,17H,6-7,10H2,1-5H3. The van der Waals surface area contributed by atoms with Crippen LogP contribution in [-0.2, 0) is 5.41 Å². The van der Waals surface area contributed by atoms with E-state index in [1.54, 1.807) is 7.11 Å². The van der Waals surface area contributed by atoms with Crippen LogP contribution in [0.25, 0.3) is 0 Å². The first kappa shape index (κ1) is 14.7. The maximum atomic E-state index is 5.57. The SMILES string of the molecule is COc1cc(C)c(C2CNCCS2)cc1C(C)(C)C. The molecule has 0 aromatic heterocycles. The number of rotatable bonds is 2. The monoisotopic (exact) mass is 279 g/mol. The molecule has 1 saturated heterocycles. The van der Waals surface area contributed by atoms with E-state index in [4.69, 9.17) is 4.74 Å². The molecule has 1 fully saturated rings. The van der Waals surface area contributed by atoms with Gasteiger partial charge in [0, 0.05) is 24.1 Å². The number of ether oxygens (including phenoxy) is 1. The van der Waals surface area contributed by atoms with Crippen LogP contribution in [-0.4, -0.2) is 26.0 Å². The van der Waals surface area contributed by atoms with E-state index in [9.17, 15) is 0 Å². The van der Waals surface area contributed by atoms with Crippen molar-refractivity contribution < 1.29 is 4.74 Å². The van der Waals surface area contributed by atoms with Gasteiger partial charge < -0.3 is 10.1 Å². The number of nitrogens with one attached hydrogen (secondary N) is 1.